The van der Waals surface area contributed by atoms with E-state index in [0.29, 0.717) is 27.6 Å². The standard InChI is InChI=1S/C23H21BrClN3O3/c1-15-5-3-4-6-20(15)27-23(29)28-26-13-17-11-19(24)22(21(12-17)30-2)31-14-16-7-9-18(25)10-8-16/h3-13H,14H2,1-2H3,(H2,27,28,29). The van der Waals surface area contributed by atoms with Crippen molar-refractivity contribution in [3.05, 3.63) is 86.8 Å². The number of carbonyl (C=O) groups excluding carboxylic acids is 1. The Kier molecular flexibility index (Phi) is 7.92. The van der Waals surface area contributed by atoms with Crippen molar-refractivity contribution in [3.63, 3.8) is 0 Å². The molecule has 0 fully saturated rings. The van der Waals surface area contributed by atoms with Gasteiger partial charge < -0.3 is 14.8 Å². The van der Waals surface area contributed by atoms with Gasteiger partial charge in [0.25, 0.3) is 0 Å². The van der Waals surface area contributed by atoms with Gasteiger partial charge in [0, 0.05) is 10.7 Å². The van der Waals surface area contributed by atoms with Gasteiger partial charge >= 0.3 is 6.03 Å². The maximum Gasteiger partial charge on any atom is 0.339 e. The molecule has 2 N–H and O–H groups in total. The number of hydrogen-bond acceptors (Lipinski definition) is 4. The van der Waals surface area contributed by atoms with Gasteiger partial charge in [-0.15, -0.1) is 0 Å². The Morgan fingerprint density at radius 2 is 1.90 bits per heavy atom. The average molecular weight is 503 g/mol. The Bertz CT molecular complexity index is 1090. The van der Waals surface area contributed by atoms with Crippen LogP contribution in [0.5, 0.6) is 11.5 Å². The number of methoxy groups -OCH3 is 1. The second kappa shape index (κ2) is 10.8. The molecule has 0 radical (unpaired) electrons. The van der Waals surface area contributed by atoms with E-state index < -0.39 is 6.03 Å². The zero-order valence-electron chi connectivity index (χ0n) is 17.0. The molecule has 0 heterocycles. The van der Waals surface area contributed by atoms with E-state index >= 15 is 0 Å². The molecular weight excluding hydrogens is 482 g/mol. The van der Waals surface area contributed by atoms with Crippen LogP contribution in [0.3, 0.4) is 0 Å². The number of ether oxygens (including phenoxy) is 2. The molecule has 0 spiro atoms. The van der Waals surface area contributed by atoms with Gasteiger partial charge in [-0.05, 0) is 69.9 Å². The van der Waals surface area contributed by atoms with Crippen LogP contribution in [0.15, 0.2) is 70.2 Å². The fourth-order valence-electron chi connectivity index (χ4n) is 2.72. The lowest BCUT2D eigenvalue weighted by molar-refractivity contribution is 0.252. The number of anilines is 1. The number of benzene rings is 3. The van der Waals surface area contributed by atoms with E-state index in [1.54, 1.807) is 13.2 Å². The zero-order chi connectivity index (χ0) is 22.2. The van der Waals surface area contributed by atoms with Crippen molar-refractivity contribution in [3.8, 4) is 11.5 Å². The van der Waals surface area contributed by atoms with Gasteiger partial charge in [-0.2, -0.15) is 5.10 Å². The van der Waals surface area contributed by atoms with Crippen molar-refractivity contribution in [2.75, 3.05) is 12.4 Å². The third-order valence-electron chi connectivity index (χ3n) is 4.32. The minimum absolute atomic E-state index is 0.361. The molecule has 6 nitrogen and oxygen atoms in total. The summed E-state index contributed by atoms with van der Waals surface area (Å²) in [6.07, 6.45) is 1.52. The van der Waals surface area contributed by atoms with Gasteiger partial charge in [0.1, 0.15) is 6.61 Å². The first-order chi connectivity index (χ1) is 15.0. The molecule has 3 rings (SSSR count). The summed E-state index contributed by atoms with van der Waals surface area (Å²) in [5, 5.41) is 7.42. The SMILES string of the molecule is COc1cc(C=NNC(=O)Nc2ccccc2C)cc(Br)c1OCc1ccc(Cl)cc1. The Labute approximate surface area is 194 Å². The number of carbonyl (C=O) groups is 1. The van der Waals surface area contributed by atoms with Crippen molar-refractivity contribution >= 4 is 45.5 Å². The van der Waals surface area contributed by atoms with Crippen LogP contribution < -0.4 is 20.2 Å². The maximum atomic E-state index is 12.0. The van der Waals surface area contributed by atoms with Crippen LogP contribution in [0.25, 0.3) is 0 Å². The molecule has 0 aliphatic rings. The molecule has 31 heavy (non-hydrogen) atoms. The van der Waals surface area contributed by atoms with Crippen LogP contribution in [0.4, 0.5) is 10.5 Å². The van der Waals surface area contributed by atoms with E-state index in [4.69, 9.17) is 21.1 Å². The van der Waals surface area contributed by atoms with Crippen molar-refractivity contribution in [1.82, 2.24) is 5.43 Å². The molecule has 0 saturated heterocycles. The number of hydrogen-bond donors (Lipinski definition) is 2. The molecule has 8 heteroatoms. The summed E-state index contributed by atoms with van der Waals surface area (Å²) in [7, 11) is 1.56. The predicted molar refractivity (Wildman–Crippen MR) is 127 cm³/mol. The van der Waals surface area contributed by atoms with E-state index in [2.05, 4.69) is 31.8 Å². The number of nitrogens with zero attached hydrogens (tertiary/aromatic N) is 1. The smallest absolute Gasteiger partial charge is 0.339 e. The summed E-state index contributed by atoms with van der Waals surface area (Å²) in [6, 6.07) is 18.1. The normalized spacial score (nSPS) is 10.7. The molecule has 0 atom stereocenters. The quantitative estimate of drug-likeness (QED) is 0.300. The average Bonchev–Trinajstić information content (AvgIpc) is 2.75. The molecule has 0 saturated carbocycles. The molecule has 3 aromatic rings. The first-order valence-corrected chi connectivity index (χ1v) is 10.5. The predicted octanol–water partition coefficient (Wildman–Crippen LogP) is 6.15. The van der Waals surface area contributed by atoms with Crippen molar-refractivity contribution < 1.29 is 14.3 Å². The lowest BCUT2D eigenvalue weighted by Gasteiger charge is -2.13. The lowest BCUT2D eigenvalue weighted by atomic mass is 10.2. The molecule has 3 aromatic carbocycles. The number of hydrazone groups is 1. The highest BCUT2D eigenvalue weighted by atomic mass is 79.9. The maximum absolute atomic E-state index is 12.0. The van der Waals surface area contributed by atoms with Crippen LogP contribution >= 0.6 is 27.5 Å². The van der Waals surface area contributed by atoms with Gasteiger partial charge in [-0.25, -0.2) is 10.2 Å². The van der Waals surface area contributed by atoms with Crippen molar-refractivity contribution in [2.45, 2.75) is 13.5 Å². The molecule has 2 amide bonds. The first-order valence-electron chi connectivity index (χ1n) is 9.36. The van der Waals surface area contributed by atoms with Gasteiger partial charge in [0.15, 0.2) is 11.5 Å². The molecule has 0 aliphatic heterocycles. The summed E-state index contributed by atoms with van der Waals surface area (Å²) in [4.78, 5) is 12.0. The Hall–Kier alpha value is -3.03. The zero-order valence-corrected chi connectivity index (χ0v) is 19.3. The van der Waals surface area contributed by atoms with Gasteiger partial charge in [0.05, 0.1) is 17.8 Å². The first kappa shape index (κ1) is 22.7. The van der Waals surface area contributed by atoms with E-state index in [0.717, 1.165) is 22.4 Å². The second-order valence-corrected chi connectivity index (χ2v) is 7.88. The number of halogens is 2. The number of nitrogens with one attached hydrogen (secondary N) is 2. The van der Waals surface area contributed by atoms with Crippen LogP contribution in [0, 0.1) is 6.92 Å². The van der Waals surface area contributed by atoms with Crippen LogP contribution in [-0.2, 0) is 6.61 Å². The van der Waals surface area contributed by atoms with E-state index in [1.807, 2.05) is 61.5 Å². The number of amides is 2. The Balaban J connectivity index is 1.64. The summed E-state index contributed by atoms with van der Waals surface area (Å²) in [5.74, 6) is 1.11. The third-order valence-corrected chi connectivity index (χ3v) is 5.16. The minimum Gasteiger partial charge on any atom is -0.493 e. The second-order valence-electron chi connectivity index (χ2n) is 6.59. The summed E-state index contributed by atoms with van der Waals surface area (Å²) >= 11 is 9.43. The van der Waals surface area contributed by atoms with Crippen LogP contribution in [0.2, 0.25) is 5.02 Å². The Morgan fingerprint density at radius 1 is 1.16 bits per heavy atom. The fraction of sp³-hybridized carbons (Fsp3) is 0.130. The van der Waals surface area contributed by atoms with Gasteiger partial charge in [-0.1, -0.05) is 41.9 Å². The monoisotopic (exact) mass is 501 g/mol. The Morgan fingerprint density at radius 3 is 2.61 bits per heavy atom. The summed E-state index contributed by atoms with van der Waals surface area (Å²) < 4.78 is 12.1. The van der Waals surface area contributed by atoms with Gasteiger partial charge in [0.2, 0.25) is 0 Å². The van der Waals surface area contributed by atoms with Crippen LogP contribution in [0.1, 0.15) is 16.7 Å². The van der Waals surface area contributed by atoms with E-state index in [1.165, 1.54) is 6.21 Å². The number of aryl methyl sites for hydroxylation is 1. The molecule has 160 valence electrons. The molecule has 0 aromatic heterocycles. The molecule has 0 bridgehead atoms. The summed E-state index contributed by atoms with van der Waals surface area (Å²) in [6.45, 7) is 2.28. The van der Waals surface area contributed by atoms with E-state index in [-0.39, 0.29) is 0 Å². The molecular formula is C23H21BrClN3O3. The molecule has 0 aliphatic carbocycles. The van der Waals surface area contributed by atoms with Crippen molar-refractivity contribution in [2.24, 2.45) is 5.10 Å². The molecule has 0 unspecified atom stereocenters. The van der Waals surface area contributed by atoms with Gasteiger partial charge in [-0.3, -0.25) is 0 Å². The highest BCUT2D eigenvalue weighted by Crippen LogP contribution is 2.36. The van der Waals surface area contributed by atoms with E-state index in [9.17, 15) is 4.79 Å². The van der Waals surface area contributed by atoms with Crippen molar-refractivity contribution in [1.29, 1.82) is 0 Å². The topological polar surface area (TPSA) is 72.0 Å². The number of urea groups is 1. The minimum atomic E-state index is -0.431. The fourth-order valence-corrected chi connectivity index (χ4v) is 3.42. The highest BCUT2D eigenvalue weighted by molar-refractivity contribution is 9.10. The van der Waals surface area contributed by atoms with Crippen LogP contribution in [-0.4, -0.2) is 19.4 Å². The lowest BCUT2D eigenvalue weighted by Crippen LogP contribution is -2.24. The largest absolute Gasteiger partial charge is 0.493 e. The third kappa shape index (κ3) is 6.47. The number of para-hydroxylation sites is 1. The highest BCUT2D eigenvalue weighted by Gasteiger charge is 2.12. The summed E-state index contributed by atoms with van der Waals surface area (Å²) in [5.41, 5.74) is 5.84. The number of rotatable bonds is 7.